The average molecular weight is 329 g/mol. The molecule has 0 aliphatic carbocycles. The molecule has 1 heterocycles. The Balaban J connectivity index is 2.44. The zero-order chi connectivity index (χ0) is 16.5. The number of ether oxygens (including phenoxy) is 1. The molecule has 0 amide bonds. The SMILES string of the molecule is COc1ccc2c(c1)S(=O)(=O)NC(=NC(C(=O)O)C(C)O)N2. The van der Waals surface area contributed by atoms with E-state index < -0.39 is 28.1 Å². The molecule has 0 bridgehead atoms. The first kappa shape index (κ1) is 16.0. The predicted octanol–water partition coefficient (Wildman–Crippen LogP) is -0.411. The number of carboxylic acids is 1. The van der Waals surface area contributed by atoms with Crippen LogP contribution in [0.4, 0.5) is 5.69 Å². The minimum Gasteiger partial charge on any atom is -0.497 e. The summed E-state index contributed by atoms with van der Waals surface area (Å²) in [5.74, 6) is -1.28. The number of aliphatic carboxylic acids is 1. The molecule has 0 saturated heterocycles. The zero-order valence-electron chi connectivity index (χ0n) is 11.8. The van der Waals surface area contributed by atoms with Gasteiger partial charge >= 0.3 is 5.97 Å². The number of methoxy groups -OCH3 is 1. The first-order valence-corrected chi connectivity index (χ1v) is 7.69. The molecule has 0 spiro atoms. The van der Waals surface area contributed by atoms with Crippen molar-refractivity contribution in [2.45, 2.75) is 24.0 Å². The van der Waals surface area contributed by atoms with Crippen molar-refractivity contribution in [1.29, 1.82) is 0 Å². The lowest BCUT2D eigenvalue weighted by Crippen LogP contribution is -2.43. The molecule has 9 nitrogen and oxygen atoms in total. The van der Waals surface area contributed by atoms with Gasteiger partial charge in [0.15, 0.2) is 6.04 Å². The highest BCUT2D eigenvalue weighted by Crippen LogP contribution is 2.28. The fraction of sp³-hybridized carbons (Fsp3) is 0.333. The molecule has 10 heteroatoms. The van der Waals surface area contributed by atoms with Gasteiger partial charge in [-0.05, 0) is 19.1 Å². The van der Waals surface area contributed by atoms with E-state index in [1.54, 1.807) is 6.07 Å². The number of nitrogens with one attached hydrogen (secondary N) is 2. The van der Waals surface area contributed by atoms with Gasteiger partial charge in [0.25, 0.3) is 10.0 Å². The highest BCUT2D eigenvalue weighted by molar-refractivity contribution is 7.90. The van der Waals surface area contributed by atoms with Crippen LogP contribution in [0.15, 0.2) is 28.1 Å². The number of hydrogen-bond acceptors (Lipinski definition) is 6. The van der Waals surface area contributed by atoms with Crippen molar-refractivity contribution < 1.29 is 28.2 Å². The number of carbonyl (C=O) groups is 1. The van der Waals surface area contributed by atoms with E-state index in [-0.39, 0.29) is 16.5 Å². The van der Waals surface area contributed by atoms with E-state index in [4.69, 9.17) is 9.84 Å². The summed E-state index contributed by atoms with van der Waals surface area (Å²) in [7, 11) is -2.51. The van der Waals surface area contributed by atoms with Crippen molar-refractivity contribution in [3.05, 3.63) is 18.2 Å². The number of guanidine groups is 1. The summed E-state index contributed by atoms with van der Waals surface area (Å²) in [6.45, 7) is 1.25. The van der Waals surface area contributed by atoms with Gasteiger partial charge in [0.2, 0.25) is 5.96 Å². The van der Waals surface area contributed by atoms with Gasteiger partial charge in [-0.25, -0.2) is 22.9 Å². The summed E-state index contributed by atoms with van der Waals surface area (Å²) in [6.07, 6.45) is -1.28. The molecule has 1 aliphatic rings. The van der Waals surface area contributed by atoms with Crippen molar-refractivity contribution in [2.24, 2.45) is 4.99 Å². The van der Waals surface area contributed by atoms with Crippen molar-refractivity contribution in [1.82, 2.24) is 4.72 Å². The number of aliphatic hydroxyl groups excluding tert-OH is 1. The van der Waals surface area contributed by atoms with E-state index in [0.29, 0.717) is 5.75 Å². The normalized spacial score (nSPS) is 20.2. The van der Waals surface area contributed by atoms with Gasteiger partial charge in [-0.3, -0.25) is 0 Å². The standard InChI is InChI=1S/C12H15N3O6S/c1-6(16)10(11(17)18)14-12-13-8-4-3-7(21-2)5-9(8)22(19,20)15-12/h3-6,10,16H,1-2H3,(H,17,18)(H2,13,14,15). The molecule has 0 saturated carbocycles. The summed E-state index contributed by atoms with van der Waals surface area (Å²) in [5.41, 5.74) is 0.230. The van der Waals surface area contributed by atoms with Gasteiger partial charge in [0.1, 0.15) is 10.6 Å². The number of benzene rings is 1. The molecular formula is C12H15N3O6S. The van der Waals surface area contributed by atoms with Gasteiger partial charge in [-0.2, -0.15) is 0 Å². The molecule has 1 aromatic carbocycles. The third-order valence-electron chi connectivity index (χ3n) is 2.94. The molecule has 1 aromatic rings. The van der Waals surface area contributed by atoms with Crippen molar-refractivity contribution in [3.63, 3.8) is 0 Å². The van der Waals surface area contributed by atoms with E-state index in [9.17, 15) is 18.3 Å². The Morgan fingerprint density at radius 2 is 2.09 bits per heavy atom. The number of hydrogen-bond donors (Lipinski definition) is 4. The summed E-state index contributed by atoms with van der Waals surface area (Å²) in [4.78, 5) is 14.7. The van der Waals surface area contributed by atoms with Crippen LogP contribution in [-0.2, 0) is 14.8 Å². The monoisotopic (exact) mass is 329 g/mol. The van der Waals surface area contributed by atoms with Gasteiger partial charge in [0.05, 0.1) is 18.9 Å². The summed E-state index contributed by atoms with van der Waals surface area (Å²) in [5, 5.41) is 21.1. The second-order valence-corrected chi connectivity index (χ2v) is 6.24. The van der Waals surface area contributed by atoms with Gasteiger partial charge in [-0.1, -0.05) is 0 Å². The number of sulfonamides is 1. The highest BCUT2D eigenvalue weighted by Gasteiger charge is 2.30. The van der Waals surface area contributed by atoms with Crippen molar-refractivity contribution in [3.8, 4) is 5.75 Å². The number of carboxylic acid groups (broad SMARTS) is 1. The van der Waals surface area contributed by atoms with Crippen LogP contribution in [0, 0.1) is 0 Å². The highest BCUT2D eigenvalue weighted by atomic mass is 32.2. The second-order valence-electron chi connectivity index (χ2n) is 4.59. The van der Waals surface area contributed by atoms with E-state index in [1.165, 1.54) is 26.2 Å². The Kier molecular flexibility index (Phi) is 4.24. The Morgan fingerprint density at radius 3 is 2.64 bits per heavy atom. The van der Waals surface area contributed by atoms with E-state index in [2.05, 4.69) is 15.0 Å². The molecule has 1 aliphatic heterocycles. The van der Waals surface area contributed by atoms with E-state index in [0.717, 1.165) is 0 Å². The van der Waals surface area contributed by atoms with Crippen LogP contribution in [0.5, 0.6) is 5.75 Å². The second kappa shape index (κ2) is 5.81. The van der Waals surface area contributed by atoms with Gasteiger partial charge in [0, 0.05) is 6.07 Å². The molecule has 120 valence electrons. The average Bonchev–Trinajstić information content (AvgIpc) is 2.43. The largest absolute Gasteiger partial charge is 0.497 e. The predicted molar refractivity (Wildman–Crippen MR) is 77.5 cm³/mol. The number of aliphatic hydroxyl groups is 1. The summed E-state index contributed by atoms with van der Waals surface area (Å²) >= 11 is 0. The molecule has 0 aromatic heterocycles. The number of nitrogens with zero attached hydrogens (tertiary/aromatic N) is 1. The molecule has 4 N–H and O–H groups in total. The lowest BCUT2D eigenvalue weighted by Gasteiger charge is -2.23. The Hall–Kier alpha value is -2.33. The molecule has 2 unspecified atom stereocenters. The molecule has 0 fully saturated rings. The topological polar surface area (TPSA) is 137 Å². The van der Waals surface area contributed by atoms with Crippen LogP contribution in [0.2, 0.25) is 0 Å². The van der Waals surface area contributed by atoms with Gasteiger partial charge in [-0.15, -0.1) is 0 Å². The van der Waals surface area contributed by atoms with Crippen molar-refractivity contribution >= 4 is 27.6 Å². The van der Waals surface area contributed by atoms with Crippen LogP contribution >= 0.6 is 0 Å². The first-order chi connectivity index (χ1) is 10.2. The summed E-state index contributed by atoms with van der Waals surface area (Å²) in [6, 6.07) is 2.85. The number of rotatable bonds is 4. The maximum Gasteiger partial charge on any atom is 0.331 e. The number of anilines is 1. The van der Waals surface area contributed by atoms with Crippen LogP contribution in [0.1, 0.15) is 6.92 Å². The lowest BCUT2D eigenvalue weighted by atomic mass is 10.2. The molecular weight excluding hydrogens is 314 g/mol. The van der Waals surface area contributed by atoms with Crippen LogP contribution < -0.4 is 14.8 Å². The molecule has 0 radical (unpaired) electrons. The van der Waals surface area contributed by atoms with Crippen LogP contribution in [0.3, 0.4) is 0 Å². The smallest absolute Gasteiger partial charge is 0.331 e. The Bertz CT molecular complexity index is 728. The first-order valence-electron chi connectivity index (χ1n) is 6.21. The molecule has 2 rings (SSSR count). The molecule has 22 heavy (non-hydrogen) atoms. The van der Waals surface area contributed by atoms with Crippen LogP contribution in [-0.4, -0.2) is 49.8 Å². The Labute approximate surface area is 126 Å². The fourth-order valence-corrected chi connectivity index (χ4v) is 3.01. The zero-order valence-corrected chi connectivity index (χ0v) is 12.6. The van der Waals surface area contributed by atoms with E-state index in [1.807, 2.05) is 0 Å². The third kappa shape index (κ3) is 3.12. The lowest BCUT2D eigenvalue weighted by molar-refractivity contribution is -0.140. The number of fused-ring (bicyclic) bond motifs is 1. The van der Waals surface area contributed by atoms with Gasteiger partial charge < -0.3 is 20.3 Å². The minimum absolute atomic E-state index is 0.0466. The maximum atomic E-state index is 12.2. The maximum absolute atomic E-state index is 12.2. The number of aliphatic imine (C=N–C) groups is 1. The Morgan fingerprint density at radius 1 is 1.41 bits per heavy atom. The molecule has 2 atom stereocenters. The third-order valence-corrected chi connectivity index (χ3v) is 4.32. The minimum atomic E-state index is -3.92. The van der Waals surface area contributed by atoms with Crippen molar-refractivity contribution in [2.75, 3.05) is 12.4 Å². The summed E-state index contributed by atoms with van der Waals surface area (Å²) < 4.78 is 31.4. The van der Waals surface area contributed by atoms with Crippen LogP contribution in [0.25, 0.3) is 0 Å². The van der Waals surface area contributed by atoms with E-state index >= 15 is 0 Å². The fourth-order valence-electron chi connectivity index (χ4n) is 1.86. The quantitative estimate of drug-likeness (QED) is 0.589.